The molecule has 5 nitrogen and oxygen atoms in total. The molecule has 0 spiro atoms. The second-order valence-electron chi connectivity index (χ2n) is 6.67. The summed E-state index contributed by atoms with van der Waals surface area (Å²) in [5.74, 6) is 0.0156. The summed E-state index contributed by atoms with van der Waals surface area (Å²) in [5, 5.41) is 2.91. The smallest absolute Gasteiger partial charge is 0.237 e. The lowest BCUT2D eigenvalue weighted by Gasteiger charge is -2.15. The number of hydrogen-bond donors (Lipinski definition) is 2. The van der Waals surface area contributed by atoms with E-state index in [0.29, 0.717) is 6.54 Å². The van der Waals surface area contributed by atoms with Gasteiger partial charge in [0.1, 0.15) is 0 Å². The summed E-state index contributed by atoms with van der Waals surface area (Å²) in [5.41, 5.74) is 10.2. The summed E-state index contributed by atoms with van der Waals surface area (Å²) in [4.78, 5) is 16.4. The molecule has 3 N–H and O–H groups in total. The van der Waals surface area contributed by atoms with Crippen LogP contribution in [0.4, 0.5) is 0 Å². The Labute approximate surface area is 147 Å². The van der Waals surface area contributed by atoms with E-state index in [-0.39, 0.29) is 11.8 Å². The Kier molecular flexibility index (Phi) is 5.14. The molecular formula is C20H24N4O. The van der Waals surface area contributed by atoms with Crippen LogP contribution in [0.1, 0.15) is 25.0 Å². The van der Waals surface area contributed by atoms with Gasteiger partial charge in [-0.1, -0.05) is 50.2 Å². The average molecular weight is 336 g/mol. The molecule has 130 valence electrons. The van der Waals surface area contributed by atoms with Crippen LogP contribution in [-0.4, -0.2) is 21.5 Å². The van der Waals surface area contributed by atoms with Crippen LogP contribution in [0.5, 0.6) is 0 Å². The third-order valence-corrected chi connectivity index (χ3v) is 4.36. The summed E-state index contributed by atoms with van der Waals surface area (Å²) in [6.07, 6.45) is 1.86. The monoisotopic (exact) mass is 336 g/mol. The fourth-order valence-electron chi connectivity index (χ4n) is 2.78. The molecular weight excluding hydrogens is 312 g/mol. The Balaban J connectivity index is 1.68. The first-order chi connectivity index (χ1) is 12.0. The maximum atomic E-state index is 12.0. The number of imidazole rings is 1. The first kappa shape index (κ1) is 17.2. The molecule has 5 heteroatoms. The molecule has 0 aliphatic heterocycles. The highest BCUT2D eigenvalue weighted by Crippen LogP contribution is 2.15. The number of benzene rings is 2. The molecule has 0 aliphatic rings. The Hall–Kier alpha value is -2.66. The lowest BCUT2D eigenvalue weighted by Crippen LogP contribution is -2.43. The number of carbonyl (C=O) groups excluding carboxylic acids is 1. The quantitative estimate of drug-likeness (QED) is 0.727. The van der Waals surface area contributed by atoms with Crippen molar-refractivity contribution in [1.82, 2.24) is 14.9 Å². The third kappa shape index (κ3) is 4.06. The highest BCUT2D eigenvalue weighted by molar-refractivity contribution is 5.81. The highest BCUT2D eigenvalue weighted by atomic mass is 16.2. The van der Waals surface area contributed by atoms with Crippen molar-refractivity contribution in [3.63, 3.8) is 0 Å². The van der Waals surface area contributed by atoms with Crippen LogP contribution in [-0.2, 0) is 17.9 Å². The molecule has 3 aromatic rings. The van der Waals surface area contributed by atoms with Gasteiger partial charge >= 0.3 is 0 Å². The van der Waals surface area contributed by atoms with Crippen molar-refractivity contribution in [3.8, 4) is 0 Å². The minimum Gasteiger partial charge on any atom is -0.351 e. The van der Waals surface area contributed by atoms with Gasteiger partial charge in [-0.2, -0.15) is 0 Å². The predicted octanol–water partition coefficient (Wildman–Crippen LogP) is 2.68. The number of aromatic nitrogens is 2. The average Bonchev–Trinajstić information content (AvgIpc) is 3.02. The number of hydrogen-bond acceptors (Lipinski definition) is 3. The number of fused-ring (bicyclic) bond motifs is 1. The zero-order chi connectivity index (χ0) is 17.8. The lowest BCUT2D eigenvalue weighted by atomic mass is 10.0. The lowest BCUT2D eigenvalue weighted by molar-refractivity contribution is -0.123. The van der Waals surface area contributed by atoms with Crippen molar-refractivity contribution < 1.29 is 4.79 Å². The molecule has 1 atom stereocenters. The van der Waals surface area contributed by atoms with E-state index < -0.39 is 6.04 Å². The molecule has 0 fully saturated rings. The van der Waals surface area contributed by atoms with Crippen LogP contribution in [0, 0.1) is 5.92 Å². The van der Waals surface area contributed by atoms with Crippen LogP contribution in [0.2, 0.25) is 0 Å². The normalized spacial score (nSPS) is 12.5. The number of nitrogens with zero attached hydrogens (tertiary/aromatic N) is 2. The van der Waals surface area contributed by atoms with Crippen molar-refractivity contribution in [2.45, 2.75) is 33.0 Å². The Morgan fingerprint density at radius 3 is 2.72 bits per heavy atom. The van der Waals surface area contributed by atoms with E-state index in [1.165, 1.54) is 5.56 Å². The van der Waals surface area contributed by atoms with Crippen LogP contribution < -0.4 is 11.1 Å². The maximum absolute atomic E-state index is 12.0. The summed E-state index contributed by atoms with van der Waals surface area (Å²) in [7, 11) is 0. The summed E-state index contributed by atoms with van der Waals surface area (Å²) in [6.45, 7) is 5.12. The van der Waals surface area contributed by atoms with Crippen LogP contribution in [0.15, 0.2) is 54.9 Å². The highest BCUT2D eigenvalue weighted by Gasteiger charge is 2.16. The van der Waals surface area contributed by atoms with Gasteiger partial charge in [-0.25, -0.2) is 4.98 Å². The minimum absolute atomic E-state index is 0.110. The molecule has 1 aromatic heterocycles. The second kappa shape index (κ2) is 7.49. The van der Waals surface area contributed by atoms with Gasteiger partial charge in [-0.3, -0.25) is 4.79 Å². The maximum Gasteiger partial charge on any atom is 0.237 e. The summed E-state index contributed by atoms with van der Waals surface area (Å²) < 4.78 is 2.13. The van der Waals surface area contributed by atoms with Crippen molar-refractivity contribution in [1.29, 1.82) is 0 Å². The van der Waals surface area contributed by atoms with Gasteiger partial charge in [0, 0.05) is 13.1 Å². The number of nitrogens with two attached hydrogens (primary N) is 1. The molecule has 1 amide bonds. The van der Waals surface area contributed by atoms with Gasteiger partial charge in [-0.15, -0.1) is 0 Å². The van der Waals surface area contributed by atoms with Gasteiger partial charge in [0.15, 0.2) is 0 Å². The number of amides is 1. The van der Waals surface area contributed by atoms with E-state index in [1.807, 2.05) is 50.5 Å². The third-order valence-electron chi connectivity index (χ3n) is 4.36. The van der Waals surface area contributed by atoms with Gasteiger partial charge < -0.3 is 15.6 Å². The molecule has 0 saturated carbocycles. The number of rotatable bonds is 6. The molecule has 1 heterocycles. The summed E-state index contributed by atoms with van der Waals surface area (Å²) >= 11 is 0. The van der Waals surface area contributed by atoms with E-state index >= 15 is 0 Å². The number of para-hydroxylation sites is 2. The molecule has 3 rings (SSSR count). The molecule has 0 aliphatic carbocycles. The van der Waals surface area contributed by atoms with E-state index in [1.54, 1.807) is 0 Å². The topological polar surface area (TPSA) is 72.9 Å². The molecule has 0 bridgehead atoms. The fraction of sp³-hybridized carbons (Fsp3) is 0.300. The SMILES string of the molecule is CC(C)[C@H](N)C(=O)NCc1cccc(Cn2cnc3ccccc32)c1. The van der Waals surface area contributed by atoms with Crippen molar-refractivity contribution in [3.05, 3.63) is 66.0 Å². The van der Waals surface area contributed by atoms with Gasteiger partial charge in [0.2, 0.25) is 5.91 Å². The van der Waals surface area contributed by atoms with Crippen LogP contribution >= 0.6 is 0 Å². The van der Waals surface area contributed by atoms with Crippen molar-refractivity contribution in [2.24, 2.45) is 11.7 Å². The van der Waals surface area contributed by atoms with E-state index in [9.17, 15) is 4.79 Å². The molecule has 0 radical (unpaired) electrons. The molecule has 2 aromatic carbocycles. The number of nitrogens with one attached hydrogen (secondary N) is 1. The Morgan fingerprint density at radius 1 is 1.16 bits per heavy atom. The Morgan fingerprint density at radius 2 is 1.92 bits per heavy atom. The molecule has 0 saturated heterocycles. The van der Waals surface area contributed by atoms with Crippen molar-refractivity contribution >= 4 is 16.9 Å². The molecule has 0 unspecified atom stereocenters. The van der Waals surface area contributed by atoms with E-state index in [4.69, 9.17) is 5.73 Å². The van der Waals surface area contributed by atoms with E-state index in [2.05, 4.69) is 33.1 Å². The first-order valence-electron chi connectivity index (χ1n) is 8.55. The largest absolute Gasteiger partial charge is 0.351 e. The minimum atomic E-state index is -0.472. The van der Waals surface area contributed by atoms with Crippen LogP contribution in [0.3, 0.4) is 0 Å². The van der Waals surface area contributed by atoms with Gasteiger partial charge in [0.05, 0.1) is 23.4 Å². The summed E-state index contributed by atoms with van der Waals surface area (Å²) in [6, 6.07) is 15.8. The Bertz CT molecular complexity index is 869. The standard InChI is InChI=1S/C20H24N4O/c1-14(2)19(21)20(25)22-11-15-6-5-7-16(10-15)12-24-13-23-17-8-3-4-9-18(17)24/h3-10,13-14,19H,11-12,21H2,1-2H3,(H,22,25)/t19-/m0/s1. The van der Waals surface area contributed by atoms with Gasteiger partial charge in [0.25, 0.3) is 0 Å². The second-order valence-corrected chi connectivity index (χ2v) is 6.67. The molecule has 25 heavy (non-hydrogen) atoms. The van der Waals surface area contributed by atoms with Crippen molar-refractivity contribution in [2.75, 3.05) is 0 Å². The zero-order valence-corrected chi connectivity index (χ0v) is 14.6. The zero-order valence-electron chi connectivity index (χ0n) is 14.6. The van der Waals surface area contributed by atoms with E-state index in [0.717, 1.165) is 23.1 Å². The number of carbonyl (C=O) groups is 1. The predicted molar refractivity (Wildman–Crippen MR) is 99.9 cm³/mol. The van der Waals surface area contributed by atoms with Crippen LogP contribution in [0.25, 0.3) is 11.0 Å². The fourth-order valence-corrected chi connectivity index (χ4v) is 2.78. The van der Waals surface area contributed by atoms with Gasteiger partial charge in [-0.05, 0) is 29.2 Å². The first-order valence-corrected chi connectivity index (χ1v) is 8.55.